The Labute approximate surface area is 165 Å². The van der Waals surface area contributed by atoms with Crippen LogP contribution in [0, 0.1) is 0 Å². The SMILES string of the molecule is CN1C(=O)C2(N=C1N)c1ccncc1Oc1ccc(-c3cncc(Cl)c3)cc12. The topological polar surface area (TPSA) is 93.7 Å². The number of pyridine rings is 2. The second kappa shape index (κ2) is 5.77. The minimum Gasteiger partial charge on any atom is -0.455 e. The van der Waals surface area contributed by atoms with E-state index in [2.05, 4.69) is 15.0 Å². The monoisotopic (exact) mass is 391 g/mol. The number of fused-ring (bicyclic) bond motifs is 4. The van der Waals surface area contributed by atoms with Crippen LogP contribution in [-0.2, 0) is 10.3 Å². The molecule has 3 aromatic rings. The number of nitrogens with two attached hydrogens (primary N) is 1. The number of ether oxygens (including phenoxy) is 1. The molecule has 0 fully saturated rings. The molecule has 0 saturated heterocycles. The minimum atomic E-state index is -1.31. The number of rotatable bonds is 1. The first-order chi connectivity index (χ1) is 13.5. The quantitative estimate of drug-likeness (QED) is 0.688. The molecular formula is C20H14ClN5O2. The molecular weight excluding hydrogens is 378 g/mol. The van der Waals surface area contributed by atoms with Gasteiger partial charge >= 0.3 is 0 Å². The third-order valence-electron chi connectivity index (χ3n) is 5.04. The van der Waals surface area contributed by atoms with Crippen LogP contribution in [0.25, 0.3) is 11.1 Å². The molecule has 8 heteroatoms. The molecule has 0 saturated carbocycles. The number of benzene rings is 1. The van der Waals surface area contributed by atoms with Crippen molar-refractivity contribution in [3.8, 4) is 22.6 Å². The van der Waals surface area contributed by atoms with E-state index in [1.165, 1.54) is 4.90 Å². The molecule has 2 N–H and O–H groups in total. The maximum atomic E-state index is 13.3. The summed E-state index contributed by atoms with van der Waals surface area (Å²) in [5.74, 6) is 0.908. The number of amides is 1. The van der Waals surface area contributed by atoms with E-state index in [0.29, 0.717) is 27.6 Å². The Morgan fingerprint density at radius 3 is 2.64 bits per heavy atom. The molecule has 1 unspecified atom stereocenters. The van der Waals surface area contributed by atoms with E-state index >= 15 is 0 Å². The van der Waals surface area contributed by atoms with Gasteiger partial charge in [0, 0.05) is 42.3 Å². The summed E-state index contributed by atoms with van der Waals surface area (Å²) in [7, 11) is 1.61. The normalized spacial score (nSPS) is 19.9. The number of likely N-dealkylation sites (N-methyl/N-ethyl adjacent to an activating group) is 1. The van der Waals surface area contributed by atoms with Gasteiger partial charge in [0.1, 0.15) is 5.75 Å². The summed E-state index contributed by atoms with van der Waals surface area (Å²) in [5, 5.41) is 0.525. The predicted octanol–water partition coefficient (Wildman–Crippen LogP) is 2.93. The van der Waals surface area contributed by atoms with Crippen molar-refractivity contribution >= 4 is 23.5 Å². The summed E-state index contributed by atoms with van der Waals surface area (Å²) < 4.78 is 6.01. The van der Waals surface area contributed by atoms with Crippen molar-refractivity contribution in [3.05, 3.63) is 71.3 Å². The molecule has 0 aliphatic carbocycles. The molecule has 1 aromatic carbocycles. The maximum Gasteiger partial charge on any atom is 0.266 e. The number of carbonyl (C=O) groups is 1. The molecule has 0 radical (unpaired) electrons. The van der Waals surface area contributed by atoms with Gasteiger partial charge in [-0.25, -0.2) is 4.99 Å². The third-order valence-corrected chi connectivity index (χ3v) is 5.25. The van der Waals surface area contributed by atoms with Crippen molar-refractivity contribution in [2.24, 2.45) is 10.7 Å². The number of aliphatic imine (C=N–C) groups is 1. The van der Waals surface area contributed by atoms with Gasteiger partial charge < -0.3 is 10.5 Å². The lowest BCUT2D eigenvalue weighted by atomic mass is 9.79. The zero-order valence-electron chi connectivity index (χ0n) is 14.8. The molecule has 1 spiro atoms. The second-order valence-electron chi connectivity index (χ2n) is 6.62. The van der Waals surface area contributed by atoms with E-state index < -0.39 is 5.54 Å². The Hall–Kier alpha value is -3.45. The standard InChI is InChI=1S/C20H14ClN5O2/c1-26-18(27)20(25-19(26)22)14-4-5-23-10-17(14)28-16-3-2-11(7-15(16)20)12-6-13(21)9-24-8-12/h2-10H,1H3,(H2,22,25). The van der Waals surface area contributed by atoms with Crippen LogP contribution in [0.5, 0.6) is 11.5 Å². The summed E-state index contributed by atoms with van der Waals surface area (Å²) in [6, 6.07) is 9.11. The van der Waals surface area contributed by atoms with Gasteiger partial charge in [-0.15, -0.1) is 0 Å². The summed E-state index contributed by atoms with van der Waals surface area (Å²) in [6.07, 6.45) is 6.46. The summed E-state index contributed by atoms with van der Waals surface area (Å²) in [6.45, 7) is 0. The van der Waals surface area contributed by atoms with E-state index in [9.17, 15) is 4.79 Å². The van der Waals surface area contributed by atoms with Gasteiger partial charge in [-0.3, -0.25) is 19.7 Å². The average Bonchev–Trinajstić information content (AvgIpc) is 2.93. The van der Waals surface area contributed by atoms with Gasteiger partial charge in [-0.2, -0.15) is 0 Å². The highest BCUT2D eigenvalue weighted by Gasteiger charge is 2.54. The Balaban J connectivity index is 1.79. The fraction of sp³-hybridized carbons (Fsp3) is 0.100. The van der Waals surface area contributed by atoms with Crippen LogP contribution in [-0.4, -0.2) is 33.8 Å². The number of hydrogen-bond donors (Lipinski definition) is 1. The zero-order chi connectivity index (χ0) is 19.5. The van der Waals surface area contributed by atoms with E-state index in [1.54, 1.807) is 44.0 Å². The summed E-state index contributed by atoms with van der Waals surface area (Å²) in [4.78, 5) is 27.5. The summed E-state index contributed by atoms with van der Waals surface area (Å²) in [5.41, 5.74) is 7.59. The van der Waals surface area contributed by atoms with Crippen LogP contribution >= 0.6 is 11.6 Å². The fourth-order valence-electron chi connectivity index (χ4n) is 3.67. The van der Waals surface area contributed by atoms with Crippen molar-refractivity contribution in [3.63, 3.8) is 0 Å². The van der Waals surface area contributed by atoms with Gasteiger partial charge in [0.2, 0.25) is 5.54 Å². The lowest BCUT2D eigenvalue weighted by Gasteiger charge is -2.33. The van der Waals surface area contributed by atoms with E-state index in [0.717, 1.165) is 11.1 Å². The first-order valence-corrected chi connectivity index (χ1v) is 8.90. The molecule has 1 amide bonds. The van der Waals surface area contributed by atoms with E-state index in [-0.39, 0.29) is 11.9 Å². The van der Waals surface area contributed by atoms with Crippen molar-refractivity contribution in [2.75, 3.05) is 7.05 Å². The molecule has 28 heavy (non-hydrogen) atoms. The number of nitrogens with zero attached hydrogens (tertiary/aromatic N) is 4. The molecule has 2 aliphatic heterocycles. The molecule has 2 aliphatic rings. The largest absolute Gasteiger partial charge is 0.455 e. The predicted molar refractivity (Wildman–Crippen MR) is 104 cm³/mol. The average molecular weight is 392 g/mol. The number of halogens is 1. The van der Waals surface area contributed by atoms with Crippen molar-refractivity contribution in [1.82, 2.24) is 14.9 Å². The lowest BCUT2D eigenvalue weighted by molar-refractivity contribution is -0.129. The zero-order valence-corrected chi connectivity index (χ0v) is 15.5. The van der Waals surface area contributed by atoms with Gasteiger partial charge in [0.25, 0.3) is 5.91 Å². The Morgan fingerprint density at radius 1 is 1.04 bits per heavy atom. The number of hydrogen-bond acceptors (Lipinski definition) is 6. The molecule has 0 bridgehead atoms. The van der Waals surface area contributed by atoms with Crippen molar-refractivity contribution < 1.29 is 9.53 Å². The lowest BCUT2D eigenvalue weighted by Crippen LogP contribution is -2.42. The van der Waals surface area contributed by atoms with Crippen LogP contribution in [0.4, 0.5) is 0 Å². The maximum absolute atomic E-state index is 13.3. The highest BCUT2D eigenvalue weighted by Crippen LogP contribution is 2.52. The highest BCUT2D eigenvalue weighted by molar-refractivity contribution is 6.30. The Kier molecular flexibility index (Phi) is 3.44. The Bertz CT molecular complexity index is 1180. The smallest absolute Gasteiger partial charge is 0.266 e. The highest BCUT2D eigenvalue weighted by atomic mass is 35.5. The molecule has 138 valence electrons. The summed E-state index contributed by atoms with van der Waals surface area (Å²) >= 11 is 6.09. The molecule has 4 heterocycles. The Morgan fingerprint density at radius 2 is 1.89 bits per heavy atom. The molecule has 7 nitrogen and oxygen atoms in total. The van der Waals surface area contributed by atoms with Gasteiger partial charge in [0.05, 0.1) is 11.2 Å². The van der Waals surface area contributed by atoms with Gasteiger partial charge in [0.15, 0.2) is 11.7 Å². The van der Waals surface area contributed by atoms with Crippen LogP contribution in [0.3, 0.4) is 0 Å². The molecule has 5 rings (SSSR count). The first-order valence-electron chi connectivity index (χ1n) is 8.52. The van der Waals surface area contributed by atoms with Crippen LogP contribution in [0.15, 0.2) is 60.1 Å². The van der Waals surface area contributed by atoms with Crippen LogP contribution in [0.2, 0.25) is 5.02 Å². The van der Waals surface area contributed by atoms with Crippen molar-refractivity contribution in [2.45, 2.75) is 5.54 Å². The van der Waals surface area contributed by atoms with Gasteiger partial charge in [-0.1, -0.05) is 17.7 Å². The minimum absolute atomic E-state index is 0.149. The second-order valence-corrected chi connectivity index (χ2v) is 7.06. The number of carbonyl (C=O) groups excluding carboxylic acids is 1. The first kappa shape index (κ1) is 16.7. The third kappa shape index (κ3) is 2.16. The van der Waals surface area contributed by atoms with E-state index in [4.69, 9.17) is 22.1 Å². The number of guanidine groups is 1. The molecule has 2 aromatic heterocycles. The molecule has 1 atom stereocenters. The van der Waals surface area contributed by atoms with Crippen molar-refractivity contribution in [1.29, 1.82) is 0 Å². The van der Waals surface area contributed by atoms with Gasteiger partial charge in [-0.05, 0) is 29.8 Å². The van der Waals surface area contributed by atoms with E-state index in [1.807, 2.05) is 18.2 Å². The van der Waals surface area contributed by atoms with Crippen LogP contribution < -0.4 is 10.5 Å². The number of aromatic nitrogens is 2. The van der Waals surface area contributed by atoms with Crippen LogP contribution in [0.1, 0.15) is 11.1 Å². The fourth-order valence-corrected chi connectivity index (χ4v) is 3.84.